The summed E-state index contributed by atoms with van der Waals surface area (Å²) in [5.74, 6) is 0.413. The van der Waals surface area contributed by atoms with Gasteiger partial charge in [0.1, 0.15) is 5.78 Å². The molecule has 0 N–H and O–H groups in total. The van der Waals surface area contributed by atoms with E-state index in [2.05, 4.69) is 53.1 Å². The lowest BCUT2D eigenvalue weighted by atomic mass is 9.69. The molecule has 0 aliphatic heterocycles. The van der Waals surface area contributed by atoms with Crippen LogP contribution in [0.2, 0.25) is 0 Å². The Bertz CT molecular complexity index is 432. The lowest BCUT2D eigenvalue weighted by Gasteiger charge is -2.40. The molecule has 0 bridgehead atoms. The maximum absolute atomic E-state index is 11.5. The summed E-state index contributed by atoms with van der Waals surface area (Å²) in [6.45, 7) is 1.00. The van der Waals surface area contributed by atoms with Crippen molar-refractivity contribution in [3.63, 3.8) is 0 Å². The average molecular weight is 310 g/mol. The summed E-state index contributed by atoms with van der Waals surface area (Å²) in [4.78, 5) is 13.8. The average Bonchev–Trinajstić information content (AvgIpc) is 2.32. The van der Waals surface area contributed by atoms with E-state index in [0.717, 1.165) is 32.2 Å². The smallest absolute Gasteiger partial charge is 0.132 e. The minimum Gasteiger partial charge on any atom is -0.309 e. The molecule has 98 valence electrons. The Morgan fingerprint density at radius 2 is 1.83 bits per heavy atom. The summed E-state index contributed by atoms with van der Waals surface area (Å²) < 4.78 is 1.17. The maximum atomic E-state index is 11.5. The fourth-order valence-electron chi connectivity index (χ4n) is 3.02. The number of hydrogen-bond donors (Lipinski definition) is 0. The van der Waals surface area contributed by atoms with Crippen LogP contribution in [0.25, 0.3) is 0 Å². The normalized spacial score (nSPS) is 19.2. The highest BCUT2D eigenvalue weighted by atomic mass is 79.9. The molecular formula is C15H20BrNO. The summed E-state index contributed by atoms with van der Waals surface area (Å²) in [6, 6.07) is 8.44. The SMILES string of the molecule is CN(C)CC1(c2ccccc2Br)CCC(=O)CC1. The van der Waals surface area contributed by atoms with Crippen LogP contribution in [0, 0.1) is 0 Å². The minimum atomic E-state index is 0.123. The van der Waals surface area contributed by atoms with Crippen molar-refractivity contribution in [1.82, 2.24) is 4.90 Å². The van der Waals surface area contributed by atoms with Crippen LogP contribution in [0.1, 0.15) is 31.2 Å². The minimum absolute atomic E-state index is 0.123. The summed E-state index contributed by atoms with van der Waals surface area (Å²) >= 11 is 3.67. The monoisotopic (exact) mass is 309 g/mol. The number of likely N-dealkylation sites (N-methyl/N-ethyl adjacent to an activating group) is 1. The topological polar surface area (TPSA) is 20.3 Å². The van der Waals surface area contributed by atoms with Crippen molar-refractivity contribution in [3.05, 3.63) is 34.3 Å². The van der Waals surface area contributed by atoms with Crippen LogP contribution >= 0.6 is 15.9 Å². The Labute approximate surface area is 117 Å². The Morgan fingerprint density at radius 3 is 2.39 bits per heavy atom. The highest BCUT2D eigenvalue weighted by molar-refractivity contribution is 9.10. The van der Waals surface area contributed by atoms with Gasteiger partial charge in [-0.05, 0) is 38.6 Å². The number of carbonyl (C=O) groups is 1. The first-order chi connectivity index (χ1) is 8.53. The Hall–Kier alpha value is -0.670. The van der Waals surface area contributed by atoms with E-state index in [1.807, 2.05) is 6.07 Å². The lowest BCUT2D eigenvalue weighted by Crippen LogP contribution is -2.41. The van der Waals surface area contributed by atoms with E-state index in [9.17, 15) is 4.79 Å². The molecule has 0 radical (unpaired) electrons. The summed E-state index contributed by atoms with van der Waals surface area (Å²) in [6.07, 6.45) is 3.36. The molecule has 0 unspecified atom stereocenters. The van der Waals surface area contributed by atoms with E-state index in [1.54, 1.807) is 0 Å². The second kappa shape index (κ2) is 5.54. The molecule has 3 heteroatoms. The number of rotatable bonds is 3. The van der Waals surface area contributed by atoms with Crippen molar-refractivity contribution >= 4 is 21.7 Å². The molecule has 2 rings (SSSR count). The Balaban J connectivity index is 2.36. The van der Waals surface area contributed by atoms with Gasteiger partial charge in [0.15, 0.2) is 0 Å². The molecule has 1 aliphatic carbocycles. The standard InChI is InChI=1S/C15H20BrNO/c1-17(2)11-15(9-7-12(18)8-10-15)13-5-3-4-6-14(13)16/h3-6H,7-11H2,1-2H3. The second-order valence-corrected chi connectivity index (χ2v) is 6.39. The van der Waals surface area contributed by atoms with E-state index < -0.39 is 0 Å². The number of carbonyl (C=O) groups excluding carboxylic acids is 1. The molecule has 2 nitrogen and oxygen atoms in total. The number of hydrogen-bond acceptors (Lipinski definition) is 2. The molecular weight excluding hydrogens is 290 g/mol. The van der Waals surface area contributed by atoms with Gasteiger partial charge in [-0.15, -0.1) is 0 Å². The number of Topliss-reactive ketones (excluding diaryl/α,β-unsaturated/α-hetero) is 1. The van der Waals surface area contributed by atoms with Crippen LogP contribution in [-0.2, 0) is 10.2 Å². The third kappa shape index (κ3) is 2.83. The first kappa shape index (κ1) is 13.8. The molecule has 1 aromatic carbocycles. The van der Waals surface area contributed by atoms with Crippen LogP contribution in [0.15, 0.2) is 28.7 Å². The van der Waals surface area contributed by atoms with Crippen LogP contribution in [0.3, 0.4) is 0 Å². The van der Waals surface area contributed by atoms with Crippen LogP contribution in [0.5, 0.6) is 0 Å². The third-order valence-corrected chi connectivity index (χ3v) is 4.52. The van der Waals surface area contributed by atoms with Gasteiger partial charge in [0.2, 0.25) is 0 Å². The Kier molecular flexibility index (Phi) is 4.23. The predicted octanol–water partition coefficient (Wildman–Crippen LogP) is 3.39. The highest BCUT2D eigenvalue weighted by Crippen LogP contribution is 2.41. The van der Waals surface area contributed by atoms with Gasteiger partial charge in [-0.2, -0.15) is 0 Å². The molecule has 0 atom stereocenters. The van der Waals surface area contributed by atoms with Crippen LogP contribution in [-0.4, -0.2) is 31.3 Å². The Morgan fingerprint density at radius 1 is 1.22 bits per heavy atom. The van der Waals surface area contributed by atoms with Gasteiger partial charge in [-0.1, -0.05) is 34.1 Å². The number of nitrogens with zero attached hydrogens (tertiary/aromatic N) is 1. The lowest BCUT2D eigenvalue weighted by molar-refractivity contribution is -0.121. The van der Waals surface area contributed by atoms with Crippen molar-refractivity contribution in [2.24, 2.45) is 0 Å². The van der Waals surface area contributed by atoms with Crippen molar-refractivity contribution in [2.45, 2.75) is 31.1 Å². The highest BCUT2D eigenvalue weighted by Gasteiger charge is 2.37. The molecule has 0 spiro atoms. The quantitative estimate of drug-likeness (QED) is 0.853. The van der Waals surface area contributed by atoms with Crippen molar-refractivity contribution in [1.29, 1.82) is 0 Å². The third-order valence-electron chi connectivity index (χ3n) is 3.83. The van der Waals surface area contributed by atoms with Crippen LogP contribution in [0.4, 0.5) is 0 Å². The first-order valence-corrected chi connectivity index (χ1v) is 7.24. The van der Waals surface area contributed by atoms with Gasteiger partial charge < -0.3 is 4.90 Å². The maximum Gasteiger partial charge on any atom is 0.132 e. The summed E-state index contributed by atoms with van der Waals surface area (Å²) in [7, 11) is 4.21. The summed E-state index contributed by atoms with van der Waals surface area (Å²) in [5, 5.41) is 0. The molecule has 0 heterocycles. The molecule has 1 aliphatic rings. The first-order valence-electron chi connectivity index (χ1n) is 6.45. The van der Waals surface area contributed by atoms with Crippen molar-refractivity contribution in [3.8, 4) is 0 Å². The zero-order valence-corrected chi connectivity index (χ0v) is 12.7. The van der Waals surface area contributed by atoms with Gasteiger partial charge in [0.05, 0.1) is 0 Å². The molecule has 1 aromatic rings. The largest absolute Gasteiger partial charge is 0.309 e. The van der Waals surface area contributed by atoms with Crippen molar-refractivity contribution in [2.75, 3.05) is 20.6 Å². The second-order valence-electron chi connectivity index (χ2n) is 5.54. The zero-order chi connectivity index (χ0) is 13.2. The van der Waals surface area contributed by atoms with Gasteiger partial charge in [-0.3, -0.25) is 4.79 Å². The fourth-order valence-corrected chi connectivity index (χ4v) is 3.72. The van der Waals surface area contributed by atoms with E-state index in [-0.39, 0.29) is 5.41 Å². The molecule has 0 amide bonds. The molecule has 1 saturated carbocycles. The summed E-state index contributed by atoms with van der Waals surface area (Å²) in [5.41, 5.74) is 1.48. The van der Waals surface area contributed by atoms with Gasteiger partial charge in [0.25, 0.3) is 0 Å². The molecule has 0 saturated heterocycles. The van der Waals surface area contributed by atoms with Gasteiger partial charge in [-0.25, -0.2) is 0 Å². The molecule has 18 heavy (non-hydrogen) atoms. The van der Waals surface area contributed by atoms with Crippen LogP contribution < -0.4 is 0 Å². The van der Waals surface area contributed by atoms with Crippen molar-refractivity contribution < 1.29 is 4.79 Å². The van der Waals surface area contributed by atoms with Gasteiger partial charge in [0, 0.05) is 29.3 Å². The molecule has 1 fully saturated rings. The van der Waals surface area contributed by atoms with E-state index >= 15 is 0 Å². The number of benzene rings is 1. The predicted molar refractivity (Wildman–Crippen MR) is 77.8 cm³/mol. The van der Waals surface area contributed by atoms with E-state index in [1.165, 1.54) is 10.0 Å². The number of halogens is 1. The number of ketones is 1. The zero-order valence-electron chi connectivity index (χ0n) is 11.1. The van der Waals surface area contributed by atoms with E-state index in [4.69, 9.17) is 0 Å². The van der Waals surface area contributed by atoms with Gasteiger partial charge >= 0.3 is 0 Å². The molecule has 0 aromatic heterocycles. The fraction of sp³-hybridized carbons (Fsp3) is 0.533. The van der Waals surface area contributed by atoms with E-state index in [0.29, 0.717) is 5.78 Å².